The summed E-state index contributed by atoms with van der Waals surface area (Å²) < 4.78 is 12.8. The van der Waals surface area contributed by atoms with E-state index in [1.54, 1.807) is 26.1 Å². The first-order valence-electron chi connectivity index (χ1n) is 3.76. The van der Waals surface area contributed by atoms with Crippen molar-refractivity contribution in [3.63, 3.8) is 0 Å². The molecule has 1 aromatic carbocycles. The number of rotatable bonds is 2. The van der Waals surface area contributed by atoms with Crippen LogP contribution in [0.3, 0.4) is 0 Å². The lowest BCUT2D eigenvalue weighted by Crippen LogP contribution is -2.15. The Hall–Kier alpha value is -0.930. The van der Waals surface area contributed by atoms with Crippen molar-refractivity contribution in [2.24, 2.45) is 0 Å². The van der Waals surface area contributed by atoms with E-state index in [2.05, 4.69) is 5.32 Å². The zero-order chi connectivity index (χ0) is 9.14. The van der Waals surface area contributed by atoms with Crippen LogP contribution in [0.4, 0.5) is 4.39 Å². The van der Waals surface area contributed by atoms with Gasteiger partial charge in [-0.25, -0.2) is 4.39 Å². The normalized spacial score (nSPS) is 13.0. The van der Waals surface area contributed by atoms with Gasteiger partial charge in [-0.05, 0) is 37.2 Å². The summed E-state index contributed by atoms with van der Waals surface area (Å²) in [6.45, 7) is 1.67. The molecule has 0 saturated carbocycles. The predicted molar refractivity (Wildman–Crippen MR) is 45.2 cm³/mol. The molecule has 12 heavy (non-hydrogen) atoms. The van der Waals surface area contributed by atoms with Crippen molar-refractivity contribution in [1.82, 2.24) is 5.32 Å². The molecule has 0 aromatic heterocycles. The van der Waals surface area contributed by atoms with E-state index >= 15 is 0 Å². The van der Waals surface area contributed by atoms with Crippen molar-refractivity contribution in [3.8, 4) is 0 Å². The van der Waals surface area contributed by atoms with Crippen molar-refractivity contribution in [1.29, 1.82) is 0 Å². The Balaban J connectivity index is 2.96. The summed E-state index contributed by atoms with van der Waals surface area (Å²) in [7, 11) is 1.64. The zero-order valence-corrected chi connectivity index (χ0v) is 7.13. The van der Waals surface area contributed by atoms with Crippen LogP contribution in [0.5, 0.6) is 0 Å². The Morgan fingerprint density at radius 1 is 1.50 bits per heavy atom. The van der Waals surface area contributed by atoms with E-state index in [0.29, 0.717) is 11.1 Å². The Kier molecular flexibility index (Phi) is 2.78. The third-order valence-corrected chi connectivity index (χ3v) is 1.77. The maximum absolute atomic E-state index is 12.8. The Labute approximate surface area is 71.0 Å². The van der Waals surface area contributed by atoms with Crippen molar-refractivity contribution < 1.29 is 9.50 Å². The summed E-state index contributed by atoms with van der Waals surface area (Å²) in [5, 5.41) is 12.0. The minimum absolute atomic E-state index is 0.248. The van der Waals surface area contributed by atoms with E-state index in [1.807, 2.05) is 0 Å². The van der Waals surface area contributed by atoms with Crippen LogP contribution in [-0.4, -0.2) is 12.2 Å². The molecule has 0 amide bonds. The molecule has 3 heteroatoms. The molecule has 66 valence electrons. The lowest BCUT2D eigenvalue weighted by Gasteiger charge is -2.09. The highest BCUT2D eigenvalue weighted by Crippen LogP contribution is 2.13. The van der Waals surface area contributed by atoms with Gasteiger partial charge in [0.15, 0.2) is 0 Å². The minimum atomic E-state index is -0.718. The summed E-state index contributed by atoms with van der Waals surface area (Å²) in [4.78, 5) is 0. The average molecular weight is 169 g/mol. The molecule has 1 aromatic rings. The highest BCUT2D eigenvalue weighted by molar-refractivity contribution is 5.25. The van der Waals surface area contributed by atoms with Crippen LogP contribution in [0.2, 0.25) is 0 Å². The number of nitrogens with one attached hydrogen (secondary N) is 1. The molecule has 0 aliphatic heterocycles. The maximum Gasteiger partial charge on any atom is 0.130 e. The van der Waals surface area contributed by atoms with Gasteiger partial charge in [-0.15, -0.1) is 0 Å². The van der Waals surface area contributed by atoms with Gasteiger partial charge in [0.05, 0.1) is 0 Å². The minimum Gasteiger partial charge on any atom is -0.374 e. The molecule has 0 heterocycles. The van der Waals surface area contributed by atoms with Crippen LogP contribution in [0, 0.1) is 12.7 Å². The number of aliphatic hydroxyl groups excluding tert-OH is 1. The van der Waals surface area contributed by atoms with Gasteiger partial charge in [-0.1, -0.05) is 6.07 Å². The molecule has 0 radical (unpaired) electrons. The van der Waals surface area contributed by atoms with Crippen molar-refractivity contribution in [3.05, 3.63) is 35.1 Å². The molecular formula is C9H12FNO. The molecule has 1 unspecified atom stereocenters. The lowest BCUT2D eigenvalue weighted by molar-refractivity contribution is 0.149. The van der Waals surface area contributed by atoms with Crippen LogP contribution < -0.4 is 5.32 Å². The first-order chi connectivity index (χ1) is 5.65. The Morgan fingerprint density at radius 2 is 2.17 bits per heavy atom. The van der Waals surface area contributed by atoms with E-state index in [1.165, 1.54) is 6.07 Å². The van der Waals surface area contributed by atoms with Crippen LogP contribution in [0.1, 0.15) is 17.4 Å². The van der Waals surface area contributed by atoms with Crippen LogP contribution in [0.25, 0.3) is 0 Å². The Morgan fingerprint density at radius 3 is 2.67 bits per heavy atom. The fourth-order valence-corrected chi connectivity index (χ4v) is 1.00. The smallest absolute Gasteiger partial charge is 0.130 e. The quantitative estimate of drug-likeness (QED) is 0.655. The second kappa shape index (κ2) is 3.65. The first kappa shape index (κ1) is 9.16. The number of hydrogen-bond acceptors (Lipinski definition) is 2. The van der Waals surface area contributed by atoms with E-state index in [-0.39, 0.29) is 5.82 Å². The van der Waals surface area contributed by atoms with Gasteiger partial charge in [0.2, 0.25) is 0 Å². The number of aryl methyl sites for hydroxylation is 1. The molecule has 1 rings (SSSR count). The third-order valence-electron chi connectivity index (χ3n) is 1.77. The third kappa shape index (κ3) is 1.81. The van der Waals surface area contributed by atoms with Gasteiger partial charge in [-0.2, -0.15) is 0 Å². The highest BCUT2D eigenvalue weighted by atomic mass is 19.1. The molecule has 0 spiro atoms. The maximum atomic E-state index is 12.8. The largest absolute Gasteiger partial charge is 0.374 e. The Bertz CT molecular complexity index is 275. The molecule has 0 aliphatic carbocycles. The average Bonchev–Trinajstić information content (AvgIpc) is 2.08. The summed E-state index contributed by atoms with van der Waals surface area (Å²) in [6.07, 6.45) is -0.718. The predicted octanol–water partition coefficient (Wildman–Crippen LogP) is 1.34. The van der Waals surface area contributed by atoms with Gasteiger partial charge >= 0.3 is 0 Å². The standard InChI is InChI=1S/C9H12FNO/c1-6-5-7(9(12)11-2)3-4-8(6)10/h3-5,9,11-12H,1-2H3. The number of benzene rings is 1. The van der Waals surface area contributed by atoms with Crippen molar-refractivity contribution in [2.45, 2.75) is 13.2 Å². The van der Waals surface area contributed by atoms with Crippen molar-refractivity contribution >= 4 is 0 Å². The molecule has 1 atom stereocenters. The second-order valence-corrected chi connectivity index (χ2v) is 2.70. The highest BCUT2D eigenvalue weighted by Gasteiger charge is 2.05. The second-order valence-electron chi connectivity index (χ2n) is 2.70. The molecule has 0 bridgehead atoms. The summed E-state index contributed by atoms with van der Waals surface area (Å²) >= 11 is 0. The number of hydrogen-bond donors (Lipinski definition) is 2. The molecule has 0 saturated heterocycles. The number of halogens is 1. The SMILES string of the molecule is CNC(O)c1ccc(F)c(C)c1. The topological polar surface area (TPSA) is 32.3 Å². The molecule has 0 aliphatic rings. The number of aliphatic hydroxyl groups is 1. The zero-order valence-electron chi connectivity index (χ0n) is 7.13. The van der Waals surface area contributed by atoms with Gasteiger partial charge in [0.25, 0.3) is 0 Å². The monoisotopic (exact) mass is 169 g/mol. The van der Waals surface area contributed by atoms with E-state index < -0.39 is 6.23 Å². The summed E-state index contributed by atoms with van der Waals surface area (Å²) in [5.74, 6) is -0.248. The van der Waals surface area contributed by atoms with Gasteiger partial charge in [0, 0.05) is 0 Å². The molecular weight excluding hydrogens is 157 g/mol. The van der Waals surface area contributed by atoms with Crippen LogP contribution in [0.15, 0.2) is 18.2 Å². The lowest BCUT2D eigenvalue weighted by atomic mass is 10.1. The van der Waals surface area contributed by atoms with Crippen LogP contribution >= 0.6 is 0 Å². The van der Waals surface area contributed by atoms with Gasteiger partial charge in [0.1, 0.15) is 12.0 Å². The summed E-state index contributed by atoms with van der Waals surface area (Å²) in [5.41, 5.74) is 1.22. The molecule has 2 N–H and O–H groups in total. The fraction of sp³-hybridized carbons (Fsp3) is 0.333. The van der Waals surface area contributed by atoms with E-state index in [9.17, 15) is 9.50 Å². The van der Waals surface area contributed by atoms with E-state index in [0.717, 1.165) is 0 Å². The molecule has 2 nitrogen and oxygen atoms in total. The molecule has 0 fully saturated rings. The van der Waals surface area contributed by atoms with Gasteiger partial charge in [-0.3, -0.25) is 5.32 Å². The van der Waals surface area contributed by atoms with Crippen molar-refractivity contribution in [2.75, 3.05) is 7.05 Å². The van der Waals surface area contributed by atoms with Gasteiger partial charge < -0.3 is 5.11 Å². The van der Waals surface area contributed by atoms with E-state index in [4.69, 9.17) is 0 Å². The summed E-state index contributed by atoms with van der Waals surface area (Å²) in [6, 6.07) is 4.53. The fourth-order valence-electron chi connectivity index (χ4n) is 1.00. The first-order valence-corrected chi connectivity index (χ1v) is 3.76. The van der Waals surface area contributed by atoms with Crippen LogP contribution in [-0.2, 0) is 0 Å².